The Kier molecular flexibility index (Phi) is 8.32. The Morgan fingerprint density at radius 1 is 1.17 bits per heavy atom. The third-order valence-electron chi connectivity index (χ3n) is 5.86. The molecule has 36 heavy (non-hydrogen) atoms. The number of benzene rings is 2. The van der Waals surface area contributed by atoms with Crippen LogP contribution in [0.25, 0.3) is 10.9 Å². The number of allylic oxidation sites excluding steroid dienone is 1. The first-order chi connectivity index (χ1) is 17.5. The van der Waals surface area contributed by atoms with Gasteiger partial charge in [-0.05, 0) is 49.6 Å². The molecule has 2 aromatic carbocycles. The summed E-state index contributed by atoms with van der Waals surface area (Å²) in [6.07, 6.45) is 2.66. The molecule has 0 bridgehead atoms. The van der Waals surface area contributed by atoms with Gasteiger partial charge in [0.05, 0.1) is 25.0 Å². The second kappa shape index (κ2) is 11.8. The highest BCUT2D eigenvalue weighted by molar-refractivity contribution is 8.14. The summed E-state index contributed by atoms with van der Waals surface area (Å²) in [4.78, 5) is 33.2. The number of aliphatic imine (C=N–C) groups is 1. The van der Waals surface area contributed by atoms with Crippen LogP contribution < -0.4 is 15.4 Å². The Labute approximate surface area is 214 Å². The quantitative estimate of drug-likeness (QED) is 0.378. The molecule has 0 aliphatic carbocycles. The highest BCUT2D eigenvalue weighted by Crippen LogP contribution is 2.32. The number of aromatic nitrogens is 1. The number of esters is 1. The Hall–Kier alpha value is -3.72. The summed E-state index contributed by atoms with van der Waals surface area (Å²) < 4.78 is 10.6. The highest BCUT2D eigenvalue weighted by atomic mass is 32.2. The zero-order chi connectivity index (χ0) is 25.5. The number of hydrogen-bond donors (Lipinski definition) is 3. The fourth-order valence-electron chi connectivity index (χ4n) is 4.08. The molecule has 0 saturated carbocycles. The van der Waals surface area contributed by atoms with Gasteiger partial charge in [0.2, 0.25) is 5.91 Å². The van der Waals surface area contributed by atoms with Gasteiger partial charge < -0.3 is 25.1 Å². The van der Waals surface area contributed by atoms with E-state index in [0.29, 0.717) is 29.4 Å². The highest BCUT2D eigenvalue weighted by Gasteiger charge is 2.30. The van der Waals surface area contributed by atoms with Crippen molar-refractivity contribution in [2.24, 2.45) is 4.99 Å². The van der Waals surface area contributed by atoms with Gasteiger partial charge in [0.1, 0.15) is 11.8 Å². The molecule has 0 spiro atoms. The van der Waals surface area contributed by atoms with Gasteiger partial charge in [0.15, 0.2) is 5.17 Å². The van der Waals surface area contributed by atoms with Crippen molar-refractivity contribution >= 4 is 39.7 Å². The van der Waals surface area contributed by atoms with E-state index in [2.05, 4.69) is 15.6 Å². The number of methoxy groups -OCH3 is 1. The second-order valence-electron chi connectivity index (χ2n) is 8.25. The maximum atomic E-state index is 12.6. The first kappa shape index (κ1) is 25.4. The summed E-state index contributed by atoms with van der Waals surface area (Å²) in [5, 5.41) is 7.82. The van der Waals surface area contributed by atoms with Crippen molar-refractivity contribution in [2.45, 2.75) is 26.3 Å². The Morgan fingerprint density at radius 3 is 2.72 bits per heavy atom. The van der Waals surface area contributed by atoms with Crippen molar-refractivity contribution in [1.29, 1.82) is 0 Å². The van der Waals surface area contributed by atoms with E-state index in [0.717, 1.165) is 27.8 Å². The number of nitrogens with zero attached hydrogens (tertiary/aromatic N) is 1. The molecule has 3 aromatic rings. The fourth-order valence-corrected chi connectivity index (χ4v) is 4.86. The number of aromatic amines is 1. The van der Waals surface area contributed by atoms with Gasteiger partial charge >= 0.3 is 5.97 Å². The first-order valence-electron chi connectivity index (χ1n) is 11.8. The van der Waals surface area contributed by atoms with Crippen LogP contribution in [0, 0.1) is 0 Å². The molecule has 1 atom stereocenters. The van der Waals surface area contributed by atoms with E-state index in [1.807, 2.05) is 61.7 Å². The number of carbonyl (C=O) groups is 2. The number of hydrogen-bond acceptors (Lipinski definition) is 7. The fraction of sp³-hybridized carbons (Fsp3) is 0.296. The normalized spacial score (nSPS) is 15.3. The number of amides is 1. The van der Waals surface area contributed by atoms with Crippen LogP contribution in [0.4, 0.5) is 0 Å². The number of thioether (sulfide) groups is 1. The lowest BCUT2D eigenvalue weighted by Gasteiger charge is -2.25. The molecule has 3 N–H and O–H groups in total. The lowest BCUT2D eigenvalue weighted by atomic mass is 9.97. The molecule has 1 aliphatic rings. The molecule has 1 aliphatic heterocycles. The molecule has 8 nitrogen and oxygen atoms in total. The Morgan fingerprint density at radius 2 is 1.97 bits per heavy atom. The van der Waals surface area contributed by atoms with Crippen LogP contribution in [0.3, 0.4) is 0 Å². The maximum absolute atomic E-state index is 12.6. The summed E-state index contributed by atoms with van der Waals surface area (Å²) in [5.74, 6) is 0.526. The summed E-state index contributed by atoms with van der Waals surface area (Å²) in [6, 6.07) is 15.0. The number of amidine groups is 1. The third kappa shape index (κ3) is 5.91. The van der Waals surface area contributed by atoms with Gasteiger partial charge in [-0.15, -0.1) is 0 Å². The molecule has 1 aromatic heterocycles. The molecule has 9 heteroatoms. The van der Waals surface area contributed by atoms with E-state index in [-0.39, 0.29) is 18.3 Å². The largest absolute Gasteiger partial charge is 0.497 e. The summed E-state index contributed by atoms with van der Waals surface area (Å²) in [6.45, 7) is 4.41. The third-order valence-corrected chi connectivity index (χ3v) is 6.75. The maximum Gasteiger partial charge on any atom is 0.338 e. The minimum Gasteiger partial charge on any atom is -0.497 e. The average molecular weight is 507 g/mol. The predicted molar refractivity (Wildman–Crippen MR) is 143 cm³/mol. The van der Waals surface area contributed by atoms with Crippen LogP contribution >= 0.6 is 11.8 Å². The molecular formula is C27H30N4O4S. The average Bonchev–Trinajstić information content (AvgIpc) is 3.29. The number of ether oxygens (including phenoxy) is 2. The second-order valence-corrected chi connectivity index (χ2v) is 9.21. The number of fused-ring (bicyclic) bond motifs is 1. The smallest absolute Gasteiger partial charge is 0.338 e. The van der Waals surface area contributed by atoms with Crippen molar-refractivity contribution < 1.29 is 19.1 Å². The molecule has 0 saturated heterocycles. The van der Waals surface area contributed by atoms with Gasteiger partial charge in [-0.2, -0.15) is 0 Å². The van der Waals surface area contributed by atoms with Crippen LogP contribution in [0.15, 0.2) is 71.0 Å². The molecule has 2 heterocycles. The summed E-state index contributed by atoms with van der Waals surface area (Å²) in [7, 11) is 1.65. The first-order valence-corrected chi connectivity index (χ1v) is 12.8. The van der Waals surface area contributed by atoms with Crippen molar-refractivity contribution in [3.8, 4) is 5.75 Å². The van der Waals surface area contributed by atoms with Gasteiger partial charge in [-0.1, -0.05) is 42.1 Å². The van der Waals surface area contributed by atoms with Crippen LogP contribution in [0.1, 0.15) is 31.0 Å². The number of H-pyrrole nitrogens is 1. The minimum absolute atomic E-state index is 0.0870. The van der Waals surface area contributed by atoms with E-state index in [1.165, 1.54) is 11.8 Å². The van der Waals surface area contributed by atoms with Gasteiger partial charge in [-0.3, -0.25) is 4.79 Å². The van der Waals surface area contributed by atoms with Crippen LogP contribution in [0.5, 0.6) is 5.75 Å². The van der Waals surface area contributed by atoms with E-state index < -0.39 is 12.0 Å². The standard InChI is InChI=1S/C27H30N4O4S/c1-4-35-26(33)24-17(2)30-27(31-25(24)18-8-6-5-7-9-18)36-16-23(32)28-13-12-19-15-29-22-11-10-20(34-3)14-21(19)22/h5-11,14-15,25,29H,4,12-13,16H2,1-3H3,(H,28,32)(H,30,31). The lowest BCUT2D eigenvalue weighted by molar-refractivity contribution is -0.139. The van der Waals surface area contributed by atoms with E-state index in [4.69, 9.17) is 14.5 Å². The van der Waals surface area contributed by atoms with E-state index in [1.54, 1.807) is 14.0 Å². The molecule has 0 radical (unpaired) electrons. The van der Waals surface area contributed by atoms with Gasteiger partial charge in [0.25, 0.3) is 0 Å². The van der Waals surface area contributed by atoms with Gasteiger partial charge in [0, 0.05) is 29.3 Å². The van der Waals surface area contributed by atoms with Crippen LogP contribution in [0.2, 0.25) is 0 Å². The molecule has 1 amide bonds. The van der Waals surface area contributed by atoms with Crippen molar-refractivity contribution in [3.63, 3.8) is 0 Å². The molecule has 188 valence electrons. The summed E-state index contributed by atoms with van der Waals surface area (Å²) >= 11 is 1.31. The number of rotatable bonds is 9. The molecule has 0 fully saturated rings. The van der Waals surface area contributed by atoms with Crippen LogP contribution in [-0.4, -0.2) is 48.0 Å². The van der Waals surface area contributed by atoms with Gasteiger partial charge in [-0.25, -0.2) is 9.79 Å². The monoisotopic (exact) mass is 506 g/mol. The summed E-state index contributed by atoms with van der Waals surface area (Å²) in [5.41, 5.74) is 4.20. The Bertz CT molecular complexity index is 1300. The van der Waals surface area contributed by atoms with Crippen molar-refractivity contribution in [1.82, 2.24) is 15.6 Å². The SMILES string of the molecule is CCOC(=O)C1=C(C)NC(SCC(=O)NCCc2c[nH]c3ccc(OC)cc23)=NC1c1ccccc1. The molecule has 4 rings (SSSR count). The zero-order valence-corrected chi connectivity index (χ0v) is 21.4. The van der Waals surface area contributed by atoms with E-state index >= 15 is 0 Å². The predicted octanol–water partition coefficient (Wildman–Crippen LogP) is 4.11. The zero-order valence-electron chi connectivity index (χ0n) is 20.6. The van der Waals surface area contributed by atoms with Crippen molar-refractivity contribution in [2.75, 3.05) is 26.0 Å². The minimum atomic E-state index is -0.490. The van der Waals surface area contributed by atoms with Crippen LogP contribution in [-0.2, 0) is 20.7 Å². The topological polar surface area (TPSA) is 105 Å². The van der Waals surface area contributed by atoms with E-state index in [9.17, 15) is 9.59 Å². The Balaban J connectivity index is 1.36. The lowest BCUT2D eigenvalue weighted by Crippen LogP contribution is -2.33. The molecular weight excluding hydrogens is 476 g/mol. The number of carbonyl (C=O) groups excluding carboxylic acids is 2. The molecule has 1 unspecified atom stereocenters. The van der Waals surface area contributed by atoms with Crippen molar-refractivity contribution in [3.05, 3.63) is 77.1 Å². The number of nitrogens with one attached hydrogen (secondary N) is 3.